The standard InChI is InChI=1S/C18H15N3O2S/c1-12(16-9-13-5-2-3-7-15(13)23-16)21-17(22)11-24-18-14(10-19)6-4-8-20-18/h2-9,12H,11H2,1H3,(H,21,22). The molecular formula is C18H15N3O2S. The number of pyridine rings is 1. The fourth-order valence-corrected chi connectivity index (χ4v) is 3.05. The van der Waals surface area contributed by atoms with Crippen LogP contribution < -0.4 is 5.32 Å². The highest BCUT2D eigenvalue weighted by atomic mass is 32.2. The van der Waals surface area contributed by atoms with Crippen molar-refractivity contribution in [1.29, 1.82) is 5.26 Å². The van der Waals surface area contributed by atoms with Crippen molar-refractivity contribution >= 4 is 28.6 Å². The maximum atomic E-state index is 12.1. The van der Waals surface area contributed by atoms with Crippen molar-refractivity contribution in [3.8, 4) is 6.07 Å². The number of amides is 1. The summed E-state index contributed by atoms with van der Waals surface area (Å²) in [5.74, 6) is 0.767. The van der Waals surface area contributed by atoms with Gasteiger partial charge in [-0.1, -0.05) is 30.0 Å². The molecule has 0 saturated carbocycles. The lowest BCUT2D eigenvalue weighted by Crippen LogP contribution is -2.28. The molecule has 3 aromatic rings. The minimum Gasteiger partial charge on any atom is -0.459 e. The third kappa shape index (κ3) is 3.58. The minimum atomic E-state index is -0.232. The quantitative estimate of drug-likeness (QED) is 0.719. The lowest BCUT2D eigenvalue weighted by Gasteiger charge is -2.11. The SMILES string of the molecule is CC(NC(=O)CSc1ncccc1C#N)c1cc2ccccc2o1. The van der Waals surface area contributed by atoms with Crippen molar-refractivity contribution in [1.82, 2.24) is 10.3 Å². The number of para-hydroxylation sites is 1. The summed E-state index contributed by atoms with van der Waals surface area (Å²) in [4.78, 5) is 16.3. The summed E-state index contributed by atoms with van der Waals surface area (Å²) in [5, 5.41) is 13.5. The first-order chi connectivity index (χ1) is 11.7. The van der Waals surface area contributed by atoms with Gasteiger partial charge >= 0.3 is 0 Å². The Bertz CT molecular complexity index is 881. The summed E-state index contributed by atoms with van der Waals surface area (Å²) >= 11 is 1.25. The molecule has 0 bridgehead atoms. The van der Waals surface area contributed by atoms with Crippen molar-refractivity contribution in [2.75, 3.05) is 5.75 Å². The van der Waals surface area contributed by atoms with Gasteiger partial charge in [0.2, 0.25) is 5.91 Å². The van der Waals surface area contributed by atoms with Crippen LogP contribution in [-0.4, -0.2) is 16.6 Å². The van der Waals surface area contributed by atoms with Crippen LogP contribution in [0.25, 0.3) is 11.0 Å². The first kappa shape index (κ1) is 16.1. The molecule has 0 spiro atoms. The van der Waals surface area contributed by atoms with E-state index >= 15 is 0 Å². The Labute approximate surface area is 143 Å². The van der Waals surface area contributed by atoms with Gasteiger partial charge in [-0.05, 0) is 31.2 Å². The van der Waals surface area contributed by atoms with Gasteiger partial charge in [0.25, 0.3) is 0 Å². The molecule has 3 rings (SSSR count). The van der Waals surface area contributed by atoms with Gasteiger partial charge < -0.3 is 9.73 Å². The Morgan fingerprint density at radius 2 is 2.21 bits per heavy atom. The minimum absolute atomic E-state index is 0.137. The maximum Gasteiger partial charge on any atom is 0.231 e. The predicted octanol–water partition coefficient (Wildman–Crippen LogP) is 3.67. The van der Waals surface area contributed by atoms with E-state index in [1.54, 1.807) is 18.3 Å². The van der Waals surface area contributed by atoms with Gasteiger partial charge in [0.15, 0.2) is 0 Å². The van der Waals surface area contributed by atoms with E-state index in [1.165, 1.54) is 11.8 Å². The highest BCUT2D eigenvalue weighted by Gasteiger charge is 2.15. The molecule has 2 heterocycles. The topological polar surface area (TPSA) is 78.9 Å². The third-order valence-corrected chi connectivity index (χ3v) is 4.49. The lowest BCUT2D eigenvalue weighted by molar-refractivity contribution is -0.119. The summed E-state index contributed by atoms with van der Waals surface area (Å²) in [7, 11) is 0. The molecule has 24 heavy (non-hydrogen) atoms. The molecule has 1 unspecified atom stereocenters. The van der Waals surface area contributed by atoms with Gasteiger partial charge in [-0.3, -0.25) is 4.79 Å². The number of carbonyl (C=O) groups excluding carboxylic acids is 1. The van der Waals surface area contributed by atoms with E-state index in [9.17, 15) is 4.79 Å². The number of nitriles is 1. The van der Waals surface area contributed by atoms with Gasteiger partial charge in [-0.2, -0.15) is 5.26 Å². The number of hydrogen-bond donors (Lipinski definition) is 1. The number of aromatic nitrogens is 1. The van der Waals surface area contributed by atoms with Crippen LogP contribution in [0, 0.1) is 11.3 Å². The monoisotopic (exact) mass is 337 g/mol. The number of benzene rings is 1. The second kappa shape index (κ2) is 7.20. The fraction of sp³-hybridized carbons (Fsp3) is 0.167. The number of fused-ring (bicyclic) bond motifs is 1. The van der Waals surface area contributed by atoms with Crippen molar-refractivity contribution in [3.63, 3.8) is 0 Å². The number of carbonyl (C=O) groups is 1. The van der Waals surface area contributed by atoms with Crippen molar-refractivity contribution in [2.24, 2.45) is 0 Å². The Hall–Kier alpha value is -2.78. The molecule has 1 amide bonds. The molecule has 120 valence electrons. The maximum absolute atomic E-state index is 12.1. The van der Waals surface area contributed by atoms with Crippen molar-refractivity contribution < 1.29 is 9.21 Å². The largest absolute Gasteiger partial charge is 0.459 e. The van der Waals surface area contributed by atoms with Crippen LogP contribution in [0.5, 0.6) is 0 Å². The molecule has 0 radical (unpaired) electrons. The molecule has 1 atom stereocenters. The molecule has 2 aromatic heterocycles. The average molecular weight is 337 g/mol. The van der Waals surface area contributed by atoms with Gasteiger partial charge in [0, 0.05) is 11.6 Å². The zero-order valence-corrected chi connectivity index (χ0v) is 13.8. The van der Waals surface area contributed by atoms with Crippen molar-refractivity contribution in [2.45, 2.75) is 18.0 Å². The first-order valence-electron chi connectivity index (χ1n) is 7.43. The Balaban J connectivity index is 1.61. The van der Waals surface area contributed by atoms with Crippen LogP contribution in [0.4, 0.5) is 0 Å². The highest BCUT2D eigenvalue weighted by molar-refractivity contribution is 7.99. The third-order valence-electron chi connectivity index (χ3n) is 3.48. The molecule has 0 aliphatic rings. The van der Waals surface area contributed by atoms with Crippen LogP contribution in [0.15, 0.2) is 58.1 Å². The molecular weight excluding hydrogens is 322 g/mol. The molecule has 1 aromatic carbocycles. The Kier molecular flexibility index (Phi) is 4.82. The van der Waals surface area contributed by atoms with E-state index in [4.69, 9.17) is 9.68 Å². The average Bonchev–Trinajstić information content (AvgIpc) is 3.04. The van der Waals surface area contributed by atoms with Gasteiger partial charge in [-0.15, -0.1) is 0 Å². The number of furan rings is 1. The summed E-state index contributed by atoms with van der Waals surface area (Å²) < 4.78 is 5.75. The van der Waals surface area contributed by atoms with Crippen molar-refractivity contribution in [3.05, 3.63) is 60.0 Å². The Morgan fingerprint density at radius 3 is 3.00 bits per heavy atom. The molecule has 1 N–H and O–H groups in total. The molecule has 0 fully saturated rings. The van der Waals surface area contributed by atoms with Crippen LogP contribution in [-0.2, 0) is 4.79 Å². The molecule has 0 aliphatic carbocycles. The van der Waals surface area contributed by atoms with Gasteiger partial charge in [0.05, 0.1) is 17.4 Å². The zero-order chi connectivity index (χ0) is 16.9. The Morgan fingerprint density at radius 1 is 1.38 bits per heavy atom. The van der Waals surface area contributed by atoms with E-state index in [0.29, 0.717) is 16.3 Å². The lowest BCUT2D eigenvalue weighted by atomic mass is 10.2. The van der Waals surface area contributed by atoms with Crippen LogP contribution >= 0.6 is 11.8 Å². The highest BCUT2D eigenvalue weighted by Crippen LogP contribution is 2.24. The van der Waals surface area contributed by atoms with Gasteiger partial charge in [-0.25, -0.2) is 4.98 Å². The normalized spacial score (nSPS) is 11.8. The second-order valence-corrected chi connectivity index (χ2v) is 6.20. The fourth-order valence-electron chi connectivity index (χ4n) is 2.29. The molecule has 0 saturated heterocycles. The smallest absolute Gasteiger partial charge is 0.231 e. The number of rotatable bonds is 5. The van der Waals surface area contributed by atoms with E-state index in [0.717, 1.165) is 11.0 Å². The van der Waals surface area contributed by atoms with Crippen LogP contribution in [0.2, 0.25) is 0 Å². The molecule has 5 nitrogen and oxygen atoms in total. The zero-order valence-electron chi connectivity index (χ0n) is 13.0. The van der Waals surface area contributed by atoms with E-state index in [2.05, 4.69) is 16.4 Å². The summed E-state index contributed by atoms with van der Waals surface area (Å²) in [6.07, 6.45) is 1.61. The molecule has 0 aliphatic heterocycles. The molecule has 6 heteroatoms. The van der Waals surface area contributed by atoms with Crippen LogP contribution in [0.1, 0.15) is 24.3 Å². The number of nitrogens with one attached hydrogen (secondary N) is 1. The number of nitrogens with zero attached hydrogens (tertiary/aromatic N) is 2. The van der Waals surface area contributed by atoms with Gasteiger partial charge in [0.1, 0.15) is 22.4 Å². The van der Waals surface area contributed by atoms with Crippen LogP contribution in [0.3, 0.4) is 0 Å². The second-order valence-electron chi connectivity index (χ2n) is 5.23. The first-order valence-corrected chi connectivity index (χ1v) is 8.41. The van der Waals surface area contributed by atoms with E-state index in [-0.39, 0.29) is 17.7 Å². The summed E-state index contributed by atoms with van der Waals surface area (Å²) in [6, 6.07) is 14.9. The number of hydrogen-bond acceptors (Lipinski definition) is 5. The van der Waals surface area contributed by atoms with E-state index in [1.807, 2.05) is 37.3 Å². The summed E-state index contributed by atoms with van der Waals surface area (Å²) in [5.41, 5.74) is 1.27. The summed E-state index contributed by atoms with van der Waals surface area (Å²) in [6.45, 7) is 1.88. The van der Waals surface area contributed by atoms with E-state index < -0.39 is 0 Å². The number of thioether (sulfide) groups is 1. The predicted molar refractivity (Wildman–Crippen MR) is 92.4 cm³/mol.